The molecular weight excluding hydrogens is 279 g/mol. The maximum Gasteiger partial charge on any atom is 0.356 e. The summed E-state index contributed by atoms with van der Waals surface area (Å²) in [6.07, 6.45) is -1.18. The van der Waals surface area contributed by atoms with E-state index < -0.39 is 12.1 Å². The van der Waals surface area contributed by atoms with Crippen LogP contribution >= 0.6 is 0 Å². The van der Waals surface area contributed by atoms with E-state index in [-0.39, 0.29) is 12.5 Å². The maximum absolute atomic E-state index is 13.6. The van der Waals surface area contributed by atoms with E-state index in [0.717, 1.165) is 0 Å². The molecule has 1 aliphatic rings. The second kappa shape index (κ2) is 4.76. The van der Waals surface area contributed by atoms with Crippen LogP contribution in [0.3, 0.4) is 0 Å². The van der Waals surface area contributed by atoms with Crippen molar-refractivity contribution in [1.29, 1.82) is 0 Å². The summed E-state index contributed by atoms with van der Waals surface area (Å²) in [6.45, 7) is 1.48. The van der Waals surface area contributed by atoms with Crippen LogP contribution in [0.2, 0.25) is 0 Å². The van der Waals surface area contributed by atoms with Crippen LogP contribution in [0.5, 0.6) is 11.5 Å². The molecule has 1 unspecified atom stereocenters. The van der Waals surface area contributed by atoms with Gasteiger partial charge in [0.15, 0.2) is 17.2 Å². The number of carboxylic acid groups (broad SMARTS) is 1. The fraction of sp³-hybridized carbons (Fsp3) is 0.286. The van der Waals surface area contributed by atoms with E-state index in [4.69, 9.17) is 14.6 Å². The van der Waals surface area contributed by atoms with Crippen molar-refractivity contribution in [3.05, 3.63) is 29.5 Å². The zero-order chi connectivity index (χ0) is 15.1. The summed E-state index contributed by atoms with van der Waals surface area (Å²) in [5, 5.41) is 12.9. The quantitative estimate of drug-likeness (QED) is 0.941. The lowest BCUT2D eigenvalue weighted by molar-refractivity contribution is 0.0689. The molecule has 1 aromatic heterocycles. The minimum atomic E-state index is -1.18. The first-order chi connectivity index (χ1) is 9.97. The van der Waals surface area contributed by atoms with Gasteiger partial charge in [0.25, 0.3) is 0 Å². The third kappa shape index (κ3) is 2.20. The molecule has 21 heavy (non-hydrogen) atoms. The number of fused-ring (bicyclic) bond motifs is 1. The van der Waals surface area contributed by atoms with Gasteiger partial charge in [0, 0.05) is 12.6 Å². The molecule has 2 aromatic rings. The Morgan fingerprint density at radius 3 is 2.81 bits per heavy atom. The maximum atomic E-state index is 13.6. The van der Waals surface area contributed by atoms with Gasteiger partial charge in [-0.05, 0) is 30.7 Å². The van der Waals surface area contributed by atoms with Crippen molar-refractivity contribution in [1.82, 2.24) is 9.78 Å². The predicted molar refractivity (Wildman–Crippen MR) is 71.2 cm³/mol. The molecule has 3 rings (SSSR count). The molecule has 0 radical (unpaired) electrons. The predicted octanol–water partition coefficient (Wildman–Crippen LogP) is 2.54. The first kappa shape index (κ1) is 13.4. The summed E-state index contributed by atoms with van der Waals surface area (Å²) in [5.41, 5.74) is 1.44. The Hall–Kier alpha value is -2.57. The molecule has 1 atom stereocenters. The van der Waals surface area contributed by atoms with Gasteiger partial charge in [-0.15, -0.1) is 0 Å². The highest BCUT2D eigenvalue weighted by Gasteiger charge is 2.24. The molecule has 1 aliphatic heterocycles. The summed E-state index contributed by atoms with van der Waals surface area (Å²) in [4.78, 5) is 11.0. The van der Waals surface area contributed by atoms with E-state index in [2.05, 4.69) is 5.10 Å². The number of alkyl halides is 1. The molecule has 0 amide bonds. The van der Waals surface area contributed by atoms with Crippen LogP contribution in [-0.2, 0) is 7.05 Å². The lowest BCUT2D eigenvalue weighted by Gasteiger charge is -2.10. The zero-order valence-electron chi connectivity index (χ0n) is 11.5. The van der Waals surface area contributed by atoms with E-state index in [1.807, 2.05) is 0 Å². The molecule has 1 aromatic carbocycles. The zero-order valence-corrected chi connectivity index (χ0v) is 11.5. The largest absolute Gasteiger partial charge is 0.476 e. The van der Waals surface area contributed by atoms with E-state index >= 15 is 0 Å². The van der Waals surface area contributed by atoms with Gasteiger partial charge in [0.1, 0.15) is 6.17 Å². The van der Waals surface area contributed by atoms with Crippen LogP contribution in [0.25, 0.3) is 11.3 Å². The fourth-order valence-electron chi connectivity index (χ4n) is 2.28. The highest BCUT2D eigenvalue weighted by atomic mass is 19.1. The molecule has 0 spiro atoms. The summed E-state index contributed by atoms with van der Waals surface area (Å²) in [6, 6.07) is 4.64. The number of aromatic carboxylic acids is 1. The Balaban J connectivity index is 2.20. The van der Waals surface area contributed by atoms with Gasteiger partial charge in [-0.2, -0.15) is 5.10 Å². The van der Waals surface area contributed by atoms with E-state index in [0.29, 0.717) is 28.3 Å². The Morgan fingerprint density at radius 1 is 1.43 bits per heavy atom. The normalized spacial score (nSPS) is 14.2. The molecule has 6 nitrogen and oxygen atoms in total. The highest BCUT2D eigenvalue weighted by Crippen LogP contribution is 2.43. The summed E-state index contributed by atoms with van der Waals surface area (Å²) < 4.78 is 25.8. The number of ether oxygens (including phenoxy) is 2. The number of carbonyl (C=O) groups is 1. The van der Waals surface area contributed by atoms with E-state index in [1.54, 1.807) is 19.2 Å². The lowest BCUT2D eigenvalue weighted by Crippen LogP contribution is -1.99. The van der Waals surface area contributed by atoms with Gasteiger partial charge in [-0.25, -0.2) is 9.18 Å². The Morgan fingerprint density at radius 2 is 2.19 bits per heavy atom. The van der Waals surface area contributed by atoms with Crippen LogP contribution in [0.4, 0.5) is 4.39 Å². The number of carboxylic acids is 1. The number of halogens is 1. The molecule has 0 aliphatic carbocycles. The van der Waals surface area contributed by atoms with Crippen molar-refractivity contribution in [2.75, 3.05) is 6.79 Å². The standard InChI is InChI=1S/C14H13FN2O4/c1-7(15)8-3-9(13-12(4-8)20-6-21-13)11-5-10(14(18)19)16-17(11)2/h3-5,7H,6H2,1-2H3,(H,18,19). The van der Waals surface area contributed by atoms with Crippen molar-refractivity contribution in [3.8, 4) is 22.8 Å². The molecule has 0 saturated heterocycles. The molecule has 1 N–H and O–H groups in total. The molecule has 0 saturated carbocycles. The number of hydrogen-bond acceptors (Lipinski definition) is 4. The van der Waals surface area contributed by atoms with Crippen molar-refractivity contribution in [2.24, 2.45) is 7.05 Å². The van der Waals surface area contributed by atoms with E-state index in [9.17, 15) is 9.18 Å². The lowest BCUT2D eigenvalue weighted by atomic mass is 10.0. The number of rotatable bonds is 3. The molecule has 0 fully saturated rings. The second-order valence-corrected chi connectivity index (χ2v) is 4.76. The first-order valence-electron chi connectivity index (χ1n) is 6.32. The van der Waals surface area contributed by atoms with Crippen molar-refractivity contribution in [3.63, 3.8) is 0 Å². The monoisotopic (exact) mass is 292 g/mol. The Bertz CT molecular complexity index is 724. The average molecular weight is 292 g/mol. The van der Waals surface area contributed by atoms with Crippen molar-refractivity contribution >= 4 is 5.97 Å². The third-order valence-corrected chi connectivity index (χ3v) is 3.33. The van der Waals surface area contributed by atoms with Crippen LogP contribution in [0.1, 0.15) is 29.1 Å². The minimum absolute atomic E-state index is 0.0517. The Kier molecular flexibility index (Phi) is 3.04. The van der Waals surface area contributed by atoms with Gasteiger partial charge >= 0.3 is 5.97 Å². The summed E-state index contributed by atoms with van der Waals surface area (Å²) in [7, 11) is 1.62. The van der Waals surface area contributed by atoms with Gasteiger partial charge in [0.2, 0.25) is 6.79 Å². The number of nitrogens with zero attached hydrogens (tertiary/aromatic N) is 2. The van der Waals surface area contributed by atoms with Crippen molar-refractivity contribution in [2.45, 2.75) is 13.1 Å². The van der Waals surface area contributed by atoms with E-state index in [1.165, 1.54) is 17.7 Å². The minimum Gasteiger partial charge on any atom is -0.476 e. The van der Waals surface area contributed by atoms with Crippen molar-refractivity contribution < 1.29 is 23.8 Å². The number of hydrogen-bond donors (Lipinski definition) is 1. The summed E-state index contributed by atoms with van der Waals surface area (Å²) in [5.74, 6) is -0.204. The van der Waals surface area contributed by atoms with Crippen LogP contribution in [0, 0.1) is 0 Å². The number of aryl methyl sites for hydroxylation is 1. The second-order valence-electron chi connectivity index (χ2n) is 4.76. The topological polar surface area (TPSA) is 73.6 Å². The highest BCUT2D eigenvalue weighted by molar-refractivity contribution is 5.87. The van der Waals surface area contributed by atoms with Gasteiger partial charge in [-0.3, -0.25) is 4.68 Å². The van der Waals surface area contributed by atoms with Crippen LogP contribution < -0.4 is 9.47 Å². The van der Waals surface area contributed by atoms with Crippen LogP contribution in [0.15, 0.2) is 18.2 Å². The molecule has 110 valence electrons. The molecule has 0 bridgehead atoms. The SMILES string of the molecule is CC(F)c1cc2c(c(-c3cc(C(=O)O)nn3C)c1)OCO2. The number of aromatic nitrogens is 2. The summed E-state index contributed by atoms with van der Waals surface area (Å²) >= 11 is 0. The Labute approximate surface area is 119 Å². The smallest absolute Gasteiger partial charge is 0.356 e. The van der Waals surface area contributed by atoms with Gasteiger partial charge in [0.05, 0.1) is 5.69 Å². The molecule has 2 heterocycles. The fourth-order valence-corrected chi connectivity index (χ4v) is 2.28. The van der Waals surface area contributed by atoms with Crippen LogP contribution in [-0.4, -0.2) is 27.6 Å². The molecule has 7 heteroatoms. The third-order valence-electron chi connectivity index (χ3n) is 3.33. The molecular formula is C14H13FN2O4. The number of benzene rings is 1. The van der Waals surface area contributed by atoms with Gasteiger partial charge in [-0.1, -0.05) is 0 Å². The average Bonchev–Trinajstić information content (AvgIpc) is 3.03. The first-order valence-corrected chi connectivity index (χ1v) is 6.32. The van der Waals surface area contributed by atoms with Gasteiger partial charge < -0.3 is 14.6 Å².